The number of rotatable bonds is 8. The van der Waals surface area contributed by atoms with Crippen molar-refractivity contribution in [1.82, 2.24) is 9.55 Å². The zero-order valence-corrected chi connectivity index (χ0v) is 20.4. The van der Waals surface area contributed by atoms with Crippen LogP contribution < -0.4 is 16.4 Å². The van der Waals surface area contributed by atoms with Crippen LogP contribution in [0.25, 0.3) is 0 Å². The summed E-state index contributed by atoms with van der Waals surface area (Å²) in [7, 11) is -2.57. The minimum atomic E-state index is -2.57. The number of nitrogens with zero attached hydrogens (tertiary/aromatic N) is 1. The number of ether oxygens (including phenoxy) is 1. The molecule has 1 unspecified atom stereocenters. The van der Waals surface area contributed by atoms with E-state index in [4.69, 9.17) is 9.16 Å². The van der Waals surface area contributed by atoms with Crippen molar-refractivity contribution in [3.8, 4) is 0 Å². The quantitative estimate of drug-likeness (QED) is 0.515. The number of aryl methyl sites for hydroxylation is 1. The lowest BCUT2D eigenvalue weighted by atomic mass is 10.2. The molecule has 3 atom stereocenters. The minimum Gasteiger partial charge on any atom is -0.406 e. The molecular formula is C23H34N2O6Si. The molecule has 0 aliphatic carbocycles. The summed E-state index contributed by atoms with van der Waals surface area (Å²) in [4.78, 5) is 26.4. The summed E-state index contributed by atoms with van der Waals surface area (Å²) in [6.07, 6.45) is 0.257. The summed E-state index contributed by atoms with van der Waals surface area (Å²) < 4.78 is 14.3. The number of aliphatic hydroxyl groups excluding tert-OH is 2. The van der Waals surface area contributed by atoms with Crippen LogP contribution in [0.1, 0.15) is 51.5 Å². The predicted molar refractivity (Wildman–Crippen MR) is 124 cm³/mol. The van der Waals surface area contributed by atoms with E-state index in [9.17, 15) is 19.8 Å². The topological polar surface area (TPSA) is 114 Å². The Morgan fingerprint density at radius 3 is 2.31 bits per heavy atom. The number of hydrogen-bond donors (Lipinski definition) is 3. The van der Waals surface area contributed by atoms with E-state index in [1.807, 2.05) is 24.3 Å². The molecule has 9 heteroatoms. The Labute approximate surface area is 189 Å². The van der Waals surface area contributed by atoms with Gasteiger partial charge in [0.25, 0.3) is 5.56 Å². The number of aliphatic hydroxyl groups is 2. The van der Waals surface area contributed by atoms with E-state index in [2.05, 4.69) is 32.7 Å². The van der Waals surface area contributed by atoms with E-state index in [1.54, 1.807) is 6.92 Å². The summed E-state index contributed by atoms with van der Waals surface area (Å²) in [6.45, 7) is 10.0. The average molecular weight is 463 g/mol. The van der Waals surface area contributed by atoms with Gasteiger partial charge in [-0.25, -0.2) is 4.79 Å². The van der Waals surface area contributed by atoms with E-state index < -0.39 is 38.0 Å². The zero-order chi connectivity index (χ0) is 23.6. The average Bonchev–Trinajstić information content (AvgIpc) is 3.16. The molecule has 1 aliphatic rings. The molecule has 0 amide bonds. The number of benzene rings is 1. The highest BCUT2D eigenvalue weighted by Gasteiger charge is 2.49. The van der Waals surface area contributed by atoms with Crippen molar-refractivity contribution < 1.29 is 19.4 Å². The fourth-order valence-electron chi connectivity index (χ4n) is 4.75. The summed E-state index contributed by atoms with van der Waals surface area (Å²) in [5, 5.41) is 20.6. The molecule has 0 spiro atoms. The van der Waals surface area contributed by atoms with Crippen molar-refractivity contribution in [2.75, 3.05) is 6.61 Å². The Balaban J connectivity index is 1.97. The van der Waals surface area contributed by atoms with Gasteiger partial charge in [-0.3, -0.25) is 14.3 Å². The van der Waals surface area contributed by atoms with Gasteiger partial charge in [-0.1, -0.05) is 52.0 Å². The van der Waals surface area contributed by atoms with Gasteiger partial charge in [0.05, 0.1) is 19.3 Å². The van der Waals surface area contributed by atoms with E-state index in [0.29, 0.717) is 12.0 Å². The van der Waals surface area contributed by atoms with Crippen LogP contribution in [0.5, 0.6) is 0 Å². The highest BCUT2D eigenvalue weighted by atomic mass is 28.4. The van der Waals surface area contributed by atoms with E-state index in [0.717, 1.165) is 10.8 Å². The molecule has 1 saturated heterocycles. The van der Waals surface area contributed by atoms with Crippen molar-refractivity contribution in [2.45, 2.75) is 77.2 Å². The smallest absolute Gasteiger partial charge is 0.330 e. The fourth-order valence-corrected chi connectivity index (χ4v) is 9.54. The molecule has 32 heavy (non-hydrogen) atoms. The van der Waals surface area contributed by atoms with Crippen LogP contribution in [0, 0.1) is 6.92 Å². The van der Waals surface area contributed by atoms with Crippen molar-refractivity contribution in [3.63, 3.8) is 0 Å². The molecule has 3 N–H and O–H groups in total. The maximum Gasteiger partial charge on any atom is 0.330 e. The zero-order valence-electron chi connectivity index (χ0n) is 19.4. The van der Waals surface area contributed by atoms with Gasteiger partial charge >= 0.3 is 5.69 Å². The van der Waals surface area contributed by atoms with Gasteiger partial charge < -0.3 is 19.4 Å². The number of H-pyrrole nitrogens is 1. The molecule has 3 rings (SSSR count). The molecule has 8 nitrogen and oxygen atoms in total. The van der Waals surface area contributed by atoms with Crippen molar-refractivity contribution >= 4 is 13.5 Å². The lowest BCUT2D eigenvalue weighted by Crippen LogP contribution is -2.58. The van der Waals surface area contributed by atoms with Crippen LogP contribution >= 0.6 is 0 Å². The Hall–Kier alpha value is -2.04. The van der Waals surface area contributed by atoms with E-state index >= 15 is 0 Å². The Morgan fingerprint density at radius 2 is 1.78 bits per heavy atom. The van der Waals surface area contributed by atoms with Crippen molar-refractivity contribution in [1.29, 1.82) is 0 Å². The molecule has 2 aromatic rings. The highest BCUT2D eigenvalue weighted by Crippen LogP contribution is 2.39. The summed E-state index contributed by atoms with van der Waals surface area (Å²) in [5.74, 6) is 0. The Kier molecular flexibility index (Phi) is 7.56. The standard InChI is InChI=1S/C23H34N2O6Si/c1-14(2)32(15(3)4,18-8-6-17(12-26)7-9-18)31-19-10-21(30-20(19)13-27)25-11-16(5)22(28)24-23(25)29/h6-9,11,14-15,19-21,26-27H,10,12-13H2,1-5H3,(H,24,28,29)/t19?,20-,21-/m1/s1. The molecule has 0 saturated carbocycles. The van der Waals surface area contributed by atoms with Crippen LogP contribution in [0.3, 0.4) is 0 Å². The molecule has 0 radical (unpaired) electrons. The molecule has 176 valence electrons. The number of aromatic amines is 1. The summed E-state index contributed by atoms with van der Waals surface area (Å²) in [5.41, 5.74) is 0.759. The second-order valence-electron chi connectivity index (χ2n) is 9.14. The third kappa shape index (κ3) is 4.53. The molecule has 1 aromatic heterocycles. The third-order valence-corrected chi connectivity index (χ3v) is 11.8. The van der Waals surface area contributed by atoms with Gasteiger partial charge in [0.2, 0.25) is 8.32 Å². The predicted octanol–water partition coefficient (Wildman–Crippen LogP) is 1.68. The normalized spacial score (nSPS) is 21.6. The molecule has 0 bridgehead atoms. The second-order valence-corrected chi connectivity index (χ2v) is 13.8. The molecule has 1 aliphatic heterocycles. The van der Waals surface area contributed by atoms with Crippen molar-refractivity contribution in [3.05, 3.63) is 62.4 Å². The first kappa shape index (κ1) is 24.6. The van der Waals surface area contributed by atoms with Crippen molar-refractivity contribution in [2.24, 2.45) is 0 Å². The number of hydrogen-bond acceptors (Lipinski definition) is 6. The largest absolute Gasteiger partial charge is 0.406 e. The SMILES string of the molecule is Cc1cn([C@H]2CC(O[Si](c3ccc(CO)cc3)(C(C)C)C(C)C)[C@@H](CO)O2)c(=O)[nH]c1=O. The Bertz CT molecular complexity index is 1020. The van der Waals surface area contributed by atoms with Crippen LogP contribution in [0.15, 0.2) is 40.1 Å². The molecular weight excluding hydrogens is 428 g/mol. The van der Waals surface area contributed by atoms with Crippen LogP contribution in [-0.2, 0) is 15.8 Å². The van der Waals surface area contributed by atoms with Gasteiger partial charge in [-0.05, 0) is 28.8 Å². The van der Waals surface area contributed by atoms with Gasteiger partial charge in [0, 0.05) is 18.2 Å². The fraction of sp³-hybridized carbons (Fsp3) is 0.565. The van der Waals surface area contributed by atoms with Crippen LogP contribution in [-0.4, -0.2) is 46.9 Å². The first-order valence-electron chi connectivity index (χ1n) is 11.1. The van der Waals surface area contributed by atoms with Crippen LogP contribution in [0.2, 0.25) is 11.1 Å². The van der Waals surface area contributed by atoms with Gasteiger partial charge in [-0.15, -0.1) is 0 Å². The Morgan fingerprint density at radius 1 is 1.16 bits per heavy atom. The maximum atomic E-state index is 12.4. The second kappa shape index (κ2) is 9.84. The first-order valence-corrected chi connectivity index (χ1v) is 13.2. The van der Waals surface area contributed by atoms with Gasteiger partial charge in [0.15, 0.2) is 0 Å². The van der Waals surface area contributed by atoms with Gasteiger partial charge in [-0.2, -0.15) is 0 Å². The number of nitrogens with one attached hydrogen (secondary N) is 1. The van der Waals surface area contributed by atoms with E-state index in [-0.39, 0.29) is 24.3 Å². The van der Waals surface area contributed by atoms with E-state index in [1.165, 1.54) is 10.8 Å². The van der Waals surface area contributed by atoms with Gasteiger partial charge in [0.1, 0.15) is 12.3 Å². The molecule has 1 fully saturated rings. The highest BCUT2D eigenvalue weighted by molar-refractivity contribution is 6.88. The lowest BCUT2D eigenvalue weighted by molar-refractivity contribution is -0.0437. The summed E-state index contributed by atoms with van der Waals surface area (Å²) in [6, 6.07) is 7.92. The maximum absolute atomic E-state index is 12.4. The monoisotopic (exact) mass is 462 g/mol. The minimum absolute atomic E-state index is 0.0167. The number of aromatic nitrogens is 2. The lowest BCUT2D eigenvalue weighted by Gasteiger charge is -2.42. The molecule has 1 aromatic carbocycles. The third-order valence-electron chi connectivity index (χ3n) is 6.47. The molecule has 2 heterocycles. The summed E-state index contributed by atoms with van der Waals surface area (Å²) >= 11 is 0. The van der Waals surface area contributed by atoms with Crippen LogP contribution in [0.4, 0.5) is 0 Å². The first-order chi connectivity index (χ1) is 15.1.